The summed E-state index contributed by atoms with van der Waals surface area (Å²) in [6, 6.07) is 7.16. The highest BCUT2D eigenvalue weighted by atomic mass is 16.2. The van der Waals surface area contributed by atoms with E-state index in [1.165, 1.54) is 4.90 Å². The highest BCUT2D eigenvalue weighted by molar-refractivity contribution is 6.05. The van der Waals surface area contributed by atoms with Gasteiger partial charge in [0, 0.05) is 37.3 Å². The molecule has 0 bridgehead atoms. The number of anilines is 2. The molecular formula is C21H25N3O4. The van der Waals surface area contributed by atoms with Gasteiger partial charge in [0.05, 0.1) is 11.8 Å². The monoisotopic (exact) mass is 383 g/mol. The van der Waals surface area contributed by atoms with Gasteiger partial charge in [-0.3, -0.25) is 24.1 Å². The Kier molecular flexibility index (Phi) is 5.15. The summed E-state index contributed by atoms with van der Waals surface area (Å²) < 4.78 is 0. The molecule has 7 nitrogen and oxygen atoms in total. The lowest BCUT2D eigenvalue weighted by atomic mass is 9.81. The first-order valence-corrected chi connectivity index (χ1v) is 10.1. The number of amides is 4. The highest BCUT2D eigenvalue weighted by Crippen LogP contribution is 2.38. The van der Waals surface area contributed by atoms with E-state index in [4.69, 9.17) is 0 Å². The van der Waals surface area contributed by atoms with Gasteiger partial charge in [-0.2, -0.15) is 0 Å². The number of carbonyl (C=O) groups excluding carboxylic acids is 4. The van der Waals surface area contributed by atoms with Gasteiger partial charge >= 0.3 is 0 Å². The molecule has 2 atom stereocenters. The number of imide groups is 1. The number of nitrogens with zero attached hydrogens (tertiary/aromatic N) is 2. The van der Waals surface area contributed by atoms with Crippen molar-refractivity contribution in [1.29, 1.82) is 0 Å². The first-order valence-electron chi connectivity index (χ1n) is 10.1. The van der Waals surface area contributed by atoms with Gasteiger partial charge in [-0.25, -0.2) is 0 Å². The summed E-state index contributed by atoms with van der Waals surface area (Å²) in [6.45, 7) is 0.862. The van der Waals surface area contributed by atoms with Gasteiger partial charge in [0.25, 0.3) is 0 Å². The molecule has 1 saturated carbocycles. The number of fused-ring (bicyclic) bond motifs is 1. The first-order chi connectivity index (χ1) is 13.5. The second-order valence-corrected chi connectivity index (χ2v) is 7.82. The molecule has 28 heavy (non-hydrogen) atoms. The molecule has 2 heterocycles. The molecule has 2 saturated heterocycles. The number of hydrogen-bond acceptors (Lipinski definition) is 4. The number of benzene rings is 1. The number of likely N-dealkylation sites (tertiary alicyclic amines) is 1. The molecular weight excluding hydrogens is 358 g/mol. The van der Waals surface area contributed by atoms with Gasteiger partial charge in [0.1, 0.15) is 0 Å². The summed E-state index contributed by atoms with van der Waals surface area (Å²) in [5, 5.41) is 2.80. The number of hydrogen-bond donors (Lipinski definition) is 1. The van der Waals surface area contributed by atoms with E-state index in [0.717, 1.165) is 44.3 Å². The molecule has 0 aromatic heterocycles. The fraction of sp³-hybridized carbons (Fsp3) is 0.524. The van der Waals surface area contributed by atoms with Crippen LogP contribution in [0.15, 0.2) is 24.3 Å². The van der Waals surface area contributed by atoms with Crippen LogP contribution in [-0.4, -0.2) is 41.6 Å². The topological polar surface area (TPSA) is 86.8 Å². The predicted octanol–water partition coefficient (Wildman–Crippen LogP) is 2.32. The van der Waals surface area contributed by atoms with Crippen LogP contribution in [0.3, 0.4) is 0 Å². The Bertz CT molecular complexity index is 780. The maximum Gasteiger partial charge on any atom is 0.233 e. The molecule has 7 heteroatoms. The van der Waals surface area contributed by atoms with E-state index in [0.29, 0.717) is 12.1 Å². The lowest BCUT2D eigenvalue weighted by Crippen LogP contribution is -2.34. The van der Waals surface area contributed by atoms with E-state index in [1.807, 2.05) is 12.1 Å². The van der Waals surface area contributed by atoms with Crippen molar-refractivity contribution in [3.63, 3.8) is 0 Å². The second kappa shape index (κ2) is 7.73. The van der Waals surface area contributed by atoms with Crippen LogP contribution in [0.25, 0.3) is 0 Å². The van der Waals surface area contributed by atoms with Crippen molar-refractivity contribution < 1.29 is 19.2 Å². The van der Waals surface area contributed by atoms with Gasteiger partial charge in [0.15, 0.2) is 0 Å². The maximum atomic E-state index is 12.5. The Morgan fingerprint density at radius 3 is 2.18 bits per heavy atom. The molecule has 1 aromatic rings. The average molecular weight is 383 g/mol. The Morgan fingerprint density at radius 2 is 1.61 bits per heavy atom. The van der Waals surface area contributed by atoms with Crippen LogP contribution in [0.4, 0.5) is 11.4 Å². The van der Waals surface area contributed by atoms with Crippen molar-refractivity contribution in [2.75, 3.05) is 23.3 Å². The van der Waals surface area contributed by atoms with Crippen molar-refractivity contribution in [2.24, 2.45) is 11.8 Å². The first kappa shape index (κ1) is 18.7. The van der Waals surface area contributed by atoms with E-state index in [2.05, 4.69) is 5.32 Å². The van der Waals surface area contributed by atoms with Crippen LogP contribution in [0.5, 0.6) is 0 Å². The molecule has 4 amide bonds. The smallest absolute Gasteiger partial charge is 0.233 e. The molecule has 1 aliphatic carbocycles. The van der Waals surface area contributed by atoms with E-state index in [-0.39, 0.29) is 48.4 Å². The SMILES string of the molecule is O=C(CCN1C(=O)[C@H]2CCCC[C@H]2C1=O)Nc1ccc(N2CCCC2=O)cc1. The number of rotatable bonds is 5. The van der Waals surface area contributed by atoms with Crippen LogP contribution < -0.4 is 10.2 Å². The van der Waals surface area contributed by atoms with Crippen molar-refractivity contribution >= 4 is 35.0 Å². The minimum Gasteiger partial charge on any atom is -0.326 e. The summed E-state index contributed by atoms with van der Waals surface area (Å²) >= 11 is 0. The third kappa shape index (κ3) is 3.53. The van der Waals surface area contributed by atoms with Crippen molar-refractivity contribution in [3.05, 3.63) is 24.3 Å². The summed E-state index contributed by atoms with van der Waals surface area (Å²) in [4.78, 5) is 52.0. The fourth-order valence-electron chi connectivity index (χ4n) is 4.53. The summed E-state index contributed by atoms with van der Waals surface area (Å²) in [5.41, 5.74) is 1.46. The summed E-state index contributed by atoms with van der Waals surface area (Å²) in [6.07, 6.45) is 5.08. The third-order valence-electron chi connectivity index (χ3n) is 6.03. The summed E-state index contributed by atoms with van der Waals surface area (Å²) in [5.74, 6) is -0.683. The zero-order chi connectivity index (χ0) is 19.7. The quantitative estimate of drug-likeness (QED) is 0.791. The highest BCUT2D eigenvalue weighted by Gasteiger charge is 2.47. The van der Waals surface area contributed by atoms with Crippen LogP contribution in [-0.2, 0) is 19.2 Å². The van der Waals surface area contributed by atoms with E-state index >= 15 is 0 Å². The Morgan fingerprint density at radius 1 is 0.964 bits per heavy atom. The minimum atomic E-state index is -0.236. The molecule has 3 fully saturated rings. The van der Waals surface area contributed by atoms with Gasteiger partial charge in [-0.15, -0.1) is 0 Å². The molecule has 3 aliphatic rings. The van der Waals surface area contributed by atoms with Gasteiger partial charge < -0.3 is 10.2 Å². The Labute approximate surface area is 164 Å². The van der Waals surface area contributed by atoms with E-state index in [9.17, 15) is 19.2 Å². The number of carbonyl (C=O) groups is 4. The van der Waals surface area contributed by atoms with Crippen LogP contribution in [0.2, 0.25) is 0 Å². The molecule has 1 N–H and O–H groups in total. The zero-order valence-corrected chi connectivity index (χ0v) is 15.9. The molecule has 0 unspecified atom stereocenters. The lowest BCUT2D eigenvalue weighted by molar-refractivity contribution is -0.140. The van der Waals surface area contributed by atoms with E-state index < -0.39 is 0 Å². The van der Waals surface area contributed by atoms with Crippen molar-refractivity contribution in [2.45, 2.75) is 44.9 Å². The van der Waals surface area contributed by atoms with Crippen LogP contribution in [0.1, 0.15) is 44.9 Å². The largest absolute Gasteiger partial charge is 0.326 e. The molecule has 0 radical (unpaired) electrons. The summed E-state index contributed by atoms with van der Waals surface area (Å²) in [7, 11) is 0. The predicted molar refractivity (Wildman–Crippen MR) is 103 cm³/mol. The average Bonchev–Trinajstić information content (AvgIpc) is 3.23. The third-order valence-corrected chi connectivity index (χ3v) is 6.03. The molecule has 0 spiro atoms. The normalized spacial score (nSPS) is 24.6. The Balaban J connectivity index is 1.30. The van der Waals surface area contributed by atoms with Crippen molar-refractivity contribution in [1.82, 2.24) is 4.90 Å². The maximum absolute atomic E-state index is 12.5. The fourth-order valence-corrected chi connectivity index (χ4v) is 4.53. The molecule has 148 valence electrons. The van der Waals surface area contributed by atoms with Gasteiger partial charge in [-0.05, 0) is 43.5 Å². The second-order valence-electron chi connectivity index (χ2n) is 7.82. The molecule has 4 rings (SSSR count). The van der Waals surface area contributed by atoms with Gasteiger partial charge in [0.2, 0.25) is 23.6 Å². The standard InChI is InChI=1S/C21H25N3O4/c25-18(11-13-24-20(27)16-4-1-2-5-17(16)21(24)28)22-14-7-9-15(10-8-14)23-12-3-6-19(23)26/h7-10,16-17H,1-6,11-13H2,(H,22,25)/t16-,17+. The van der Waals surface area contributed by atoms with E-state index in [1.54, 1.807) is 17.0 Å². The van der Waals surface area contributed by atoms with Crippen LogP contribution in [0, 0.1) is 11.8 Å². The molecule has 2 aliphatic heterocycles. The van der Waals surface area contributed by atoms with Crippen molar-refractivity contribution in [3.8, 4) is 0 Å². The molecule has 1 aromatic carbocycles. The van der Waals surface area contributed by atoms with Crippen LogP contribution >= 0.6 is 0 Å². The number of nitrogens with one attached hydrogen (secondary N) is 1. The van der Waals surface area contributed by atoms with Gasteiger partial charge in [-0.1, -0.05) is 12.8 Å². The lowest BCUT2D eigenvalue weighted by Gasteiger charge is -2.19. The zero-order valence-electron chi connectivity index (χ0n) is 15.9. The minimum absolute atomic E-state index is 0.0866. The Hall–Kier alpha value is -2.70.